The Morgan fingerprint density at radius 3 is 2.37 bits per heavy atom. The van der Waals surface area contributed by atoms with Gasteiger partial charge < -0.3 is 15.4 Å². The molecule has 0 bridgehead atoms. The van der Waals surface area contributed by atoms with Crippen LogP contribution >= 0.6 is 0 Å². The van der Waals surface area contributed by atoms with Crippen molar-refractivity contribution >= 4 is 17.6 Å². The van der Waals surface area contributed by atoms with Crippen molar-refractivity contribution in [3.8, 4) is 11.4 Å². The number of amides is 2. The highest BCUT2D eigenvalue weighted by atomic mass is 16.5. The van der Waals surface area contributed by atoms with E-state index >= 15 is 0 Å². The van der Waals surface area contributed by atoms with Gasteiger partial charge in [0, 0.05) is 22.6 Å². The zero-order valence-electron chi connectivity index (χ0n) is 19.8. The average molecular weight is 467 g/mol. The van der Waals surface area contributed by atoms with Gasteiger partial charge in [-0.25, -0.2) is 4.68 Å². The summed E-state index contributed by atoms with van der Waals surface area (Å²) < 4.78 is 7.44. The van der Waals surface area contributed by atoms with Crippen molar-refractivity contribution in [1.29, 1.82) is 0 Å². The van der Waals surface area contributed by atoms with Crippen LogP contribution in [0.4, 0.5) is 5.82 Å². The molecule has 0 fully saturated rings. The van der Waals surface area contributed by atoms with E-state index in [1.165, 1.54) is 0 Å². The Kier molecular flexibility index (Phi) is 5.82. The van der Waals surface area contributed by atoms with Crippen molar-refractivity contribution in [3.63, 3.8) is 0 Å². The predicted octanol–water partition coefficient (Wildman–Crippen LogP) is 4.38. The van der Waals surface area contributed by atoms with Gasteiger partial charge in [-0.1, -0.05) is 54.1 Å². The number of methoxy groups -OCH3 is 1. The lowest BCUT2D eigenvalue weighted by Crippen LogP contribution is -2.50. The number of carbonyl (C=O) groups excluding carboxylic acids is 2. The third-order valence-corrected chi connectivity index (χ3v) is 6.32. The van der Waals surface area contributed by atoms with E-state index in [2.05, 4.69) is 10.6 Å². The molecule has 4 aromatic rings. The van der Waals surface area contributed by atoms with E-state index in [4.69, 9.17) is 9.84 Å². The second kappa shape index (κ2) is 9.10. The van der Waals surface area contributed by atoms with Crippen LogP contribution in [-0.4, -0.2) is 34.7 Å². The minimum atomic E-state index is -0.863. The zero-order valence-corrected chi connectivity index (χ0v) is 19.8. The Labute approximate surface area is 203 Å². The molecule has 7 heteroatoms. The van der Waals surface area contributed by atoms with Crippen molar-refractivity contribution < 1.29 is 14.3 Å². The molecular formula is C28H26N4O3. The monoisotopic (exact) mass is 466 g/mol. The molecular weight excluding hydrogens is 440 g/mol. The molecule has 2 atom stereocenters. The smallest absolute Gasteiger partial charge is 0.251 e. The Balaban J connectivity index is 1.68. The Hall–Kier alpha value is -4.39. The molecule has 0 spiro atoms. The molecule has 2 N–H and O–H groups in total. The molecule has 2 amide bonds. The fraction of sp³-hybridized carbons (Fsp3) is 0.179. The largest absolute Gasteiger partial charge is 0.496 e. The van der Waals surface area contributed by atoms with Crippen LogP contribution in [0.25, 0.3) is 5.69 Å². The van der Waals surface area contributed by atoms with Crippen LogP contribution < -0.4 is 15.4 Å². The molecule has 0 saturated heterocycles. The SMILES string of the molecule is COc1ccc(C)cc1[C@H]1c2c(C)nn(-c3ccccc3)c2NC(=O)[C@H]1NC(=O)c1ccccc1. The second-order valence-electron chi connectivity index (χ2n) is 8.62. The van der Waals surface area contributed by atoms with Gasteiger partial charge in [-0.3, -0.25) is 9.59 Å². The molecule has 5 rings (SSSR count). The molecule has 1 aromatic heterocycles. The maximum Gasteiger partial charge on any atom is 0.251 e. The highest BCUT2D eigenvalue weighted by Gasteiger charge is 2.43. The summed E-state index contributed by atoms with van der Waals surface area (Å²) in [5.41, 5.74) is 4.76. The van der Waals surface area contributed by atoms with Gasteiger partial charge in [0.05, 0.1) is 18.5 Å². The molecule has 0 unspecified atom stereocenters. The van der Waals surface area contributed by atoms with Gasteiger partial charge in [0.25, 0.3) is 5.91 Å². The summed E-state index contributed by atoms with van der Waals surface area (Å²) in [6.45, 7) is 3.91. The number of nitrogens with zero attached hydrogens (tertiary/aromatic N) is 2. The Bertz CT molecular complexity index is 1400. The first kappa shape index (κ1) is 22.4. The Morgan fingerprint density at radius 2 is 1.69 bits per heavy atom. The van der Waals surface area contributed by atoms with Crippen LogP contribution in [0.3, 0.4) is 0 Å². The lowest BCUT2D eigenvalue weighted by atomic mass is 9.81. The number of carbonyl (C=O) groups is 2. The highest BCUT2D eigenvalue weighted by Crippen LogP contribution is 2.43. The van der Waals surface area contributed by atoms with E-state index in [9.17, 15) is 9.59 Å². The molecule has 1 aliphatic heterocycles. The standard InChI is InChI=1S/C28H26N4O3/c1-17-14-15-22(35-3)21(16-17)24-23-18(2)31-32(20-12-8-5-9-13-20)26(23)30-28(34)25(24)29-27(33)19-10-6-4-7-11-19/h4-16,24-25H,1-3H3,(H,29,33)(H,30,34)/t24-,25-/m0/s1. The van der Waals surface area contributed by atoms with Crippen molar-refractivity contribution in [2.75, 3.05) is 12.4 Å². The first-order valence-electron chi connectivity index (χ1n) is 11.4. The number of hydrogen-bond donors (Lipinski definition) is 2. The number of benzene rings is 3. The molecule has 0 radical (unpaired) electrons. The van der Waals surface area contributed by atoms with E-state index in [-0.39, 0.29) is 11.8 Å². The lowest BCUT2D eigenvalue weighted by molar-refractivity contribution is -0.118. The fourth-order valence-corrected chi connectivity index (χ4v) is 4.70. The van der Waals surface area contributed by atoms with Crippen LogP contribution in [0.2, 0.25) is 0 Å². The molecule has 176 valence electrons. The number of hydrogen-bond acceptors (Lipinski definition) is 4. The molecule has 35 heavy (non-hydrogen) atoms. The third kappa shape index (κ3) is 4.05. The topological polar surface area (TPSA) is 85.2 Å². The Morgan fingerprint density at radius 1 is 1.00 bits per heavy atom. The normalized spacial score (nSPS) is 16.8. The summed E-state index contributed by atoms with van der Waals surface area (Å²) in [4.78, 5) is 26.7. The zero-order chi connectivity index (χ0) is 24.5. The van der Waals surface area contributed by atoms with Gasteiger partial charge in [0.2, 0.25) is 5.91 Å². The van der Waals surface area contributed by atoms with Crippen LogP contribution in [0.1, 0.15) is 38.7 Å². The van der Waals surface area contributed by atoms with Crippen LogP contribution in [-0.2, 0) is 4.79 Å². The predicted molar refractivity (Wildman–Crippen MR) is 134 cm³/mol. The maximum atomic E-state index is 13.6. The van der Waals surface area contributed by atoms with Gasteiger partial charge in [0.15, 0.2) is 0 Å². The number of anilines is 1. The molecule has 7 nitrogen and oxygen atoms in total. The molecule has 2 heterocycles. The summed E-state index contributed by atoms with van der Waals surface area (Å²) in [5.74, 6) is 0.106. The number of ether oxygens (including phenoxy) is 1. The summed E-state index contributed by atoms with van der Waals surface area (Å²) in [7, 11) is 1.61. The van der Waals surface area contributed by atoms with E-state index < -0.39 is 12.0 Å². The molecule has 0 aliphatic carbocycles. The van der Waals surface area contributed by atoms with Gasteiger partial charge in [-0.2, -0.15) is 5.10 Å². The summed E-state index contributed by atoms with van der Waals surface area (Å²) in [6, 6.07) is 23.5. The van der Waals surface area contributed by atoms with Gasteiger partial charge in [0.1, 0.15) is 17.6 Å². The van der Waals surface area contributed by atoms with E-state index in [1.807, 2.05) is 68.4 Å². The number of rotatable bonds is 5. The summed E-state index contributed by atoms with van der Waals surface area (Å²) in [5, 5.41) is 10.8. The van der Waals surface area contributed by atoms with Crippen LogP contribution in [0, 0.1) is 13.8 Å². The van der Waals surface area contributed by atoms with Crippen molar-refractivity contribution in [2.45, 2.75) is 25.8 Å². The quantitative estimate of drug-likeness (QED) is 0.457. The van der Waals surface area contributed by atoms with E-state index in [0.29, 0.717) is 17.1 Å². The number of aryl methyl sites for hydroxylation is 2. The van der Waals surface area contributed by atoms with Crippen molar-refractivity contribution in [1.82, 2.24) is 15.1 Å². The summed E-state index contributed by atoms with van der Waals surface area (Å²) in [6.07, 6.45) is 0. The summed E-state index contributed by atoms with van der Waals surface area (Å²) >= 11 is 0. The number of fused-ring (bicyclic) bond motifs is 1. The minimum Gasteiger partial charge on any atom is -0.496 e. The van der Waals surface area contributed by atoms with E-state index in [1.54, 1.807) is 36.1 Å². The number of nitrogens with one attached hydrogen (secondary N) is 2. The maximum absolute atomic E-state index is 13.6. The molecule has 1 aliphatic rings. The highest BCUT2D eigenvalue weighted by molar-refractivity contribution is 6.04. The average Bonchev–Trinajstić information content (AvgIpc) is 3.21. The number of para-hydroxylation sites is 1. The number of aromatic nitrogens is 2. The third-order valence-electron chi connectivity index (χ3n) is 6.32. The van der Waals surface area contributed by atoms with E-state index in [0.717, 1.165) is 28.1 Å². The lowest BCUT2D eigenvalue weighted by Gasteiger charge is -2.33. The van der Waals surface area contributed by atoms with Gasteiger partial charge in [-0.05, 0) is 44.2 Å². The van der Waals surface area contributed by atoms with Crippen molar-refractivity contribution in [3.05, 3.63) is 107 Å². The fourth-order valence-electron chi connectivity index (χ4n) is 4.70. The van der Waals surface area contributed by atoms with Crippen LogP contribution in [0.5, 0.6) is 5.75 Å². The minimum absolute atomic E-state index is 0.313. The van der Waals surface area contributed by atoms with Gasteiger partial charge >= 0.3 is 0 Å². The first-order valence-corrected chi connectivity index (χ1v) is 11.4. The van der Waals surface area contributed by atoms with Gasteiger partial charge in [-0.15, -0.1) is 0 Å². The first-order chi connectivity index (χ1) is 17.0. The second-order valence-corrected chi connectivity index (χ2v) is 8.62. The van der Waals surface area contributed by atoms with Crippen LogP contribution in [0.15, 0.2) is 78.9 Å². The van der Waals surface area contributed by atoms with Crippen molar-refractivity contribution in [2.24, 2.45) is 0 Å². The molecule has 0 saturated carbocycles. The molecule has 3 aromatic carbocycles.